The van der Waals surface area contributed by atoms with E-state index in [-0.39, 0.29) is 18.5 Å². The van der Waals surface area contributed by atoms with Crippen molar-refractivity contribution in [1.29, 1.82) is 0 Å². The number of amides is 1. The second kappa shape index (κ2) is 5.46. The molecule has 20 heavy (non-hydrogen) atoms. The zero-order valence-electron chi connectivity index (χ0n) is 11.3. The minimum Gasteiger partial charge on any atom is -0.377 e. The Hall–Kier alpha value is -2.15. The summed E-state index contributed by atoms with van der Waals surface area (Å²) in [5, 5.41) is 4.07. The third-order valence-electron chi connectivity index (χ3n) is 3.34. The van der Waals surface area contributed by atoms with Gasteiger partial charge in [-0.25, -0.2) is 4.98 Å². The molecule has 3 rings (SSSR count). The fraction of sp³-hybridized carbons (Fsp3) is 0.462. The highest BCUT2D eigenvalue weighted by molar-refractivity contribution is 5.76. The van der Waals surface area contributed by atoms with E-state index in [9.17, 15) is 4.79 Å². The summed E-state index contributed by atoms with van der Waals surface area (Å²) in [4.78, 5) is 21.7. The van der Waals surface area contributed by atoms with Crippen molar-refractivity contribution in [3.8, 4) is 0 Å². The van der Waals surface area contributed by atoms with E-state index in [1.165, 1.54) is 0 Å². The van der Waals surface area contributed by atoms with Gasteiger partial charge in [0.15, 0.2) is 0 Å². The first kappa shape index (κ1) is 12.9. The number of nitrogens with zero attached hydrogens (tertiary/aromatic N) is 4. The van der Waals surface area contributed by atoms with Crippen LogP contribution < -0.4 is 0 Å². The summed E-state index contributed by atoms with van der Waals surface area (Å²) in [6, 6.07) is 1.65. The van der Waals surface area contributed by atoms with Crippen LogP contribution in [0.25, 0.3) is 0 Å². The van der Waals surface area contributed by atoms with Crippen molar-refractivity contribution in [2.24, 2.45) is 0 Å². The molecule has 0 aromatic carbocycles. The maximum absolute atomic E-state index is 12.4. The van der Waals surface area contributed by atoms with Crippen LogP contribution >= 0.6 is 0 Å². The lowest BCUT2D eigenvalue weighted by Gasteiger charge is -2.34. The lowest BCUT2D eigenvalue weighted by Crippen LogP contribution is -2.45. The first-order valence-corrected chi connectivity index (χ1v) is 6.60. The van der Waals surface area contributed by atoms with Gasteiger partial charge < -0.3 is 14.6 Å². The van der Waals surface area contributed by atoms with Gasteiger partial charge in [-0.05, 0) is 13.0 Å². The molecule has 0 saturated carbocycles. The first-order valence-electron chi connectivity index (χ1n) is 6.60. The van der Waals surface area contributed by atoms with Crippen molar-refractivity contribution in [3.63, 3.8) is 0 Å². The number of morpholine rings is 1. The average molecular weight is 275 g/mol. The topological polar surface area (TPSA) is 76.0 Å². The number of aromatic amines is 1. The van der Waals surface area contributed by atoms with Gasteiger partial charge in [0.25, 0.3) is 0 Å². The van der Waals surface area contributed by atoms with Crippen LogP contribution in [0.3, 0.4) is 0 Å². The van der Waals surface area contributed by atoms with Crippen LogP contribution in [0.15, 0.2) is 24.7 Å². The van der Waals surface area contributed by atoms with Crippen LogP contribution in [0.4, 0.5) is 0 Å². The molecule has 0 bridgehead atoms. The van der Waals surface area contributed by atoms with E-state index in [1.807, 2.05) is 11.8 Å². The largest absolute Gasteiger partial charge is 0.377 e. The van der Waals surface area contributed by atoms with E-state index in [0.717, 1.165) is 11.5 Å². The van der Waals surface area contributed by atoms with Gasteiger partial charge in [0.2, 0.25) is 5.91 Å². The van der Waals surface area contributed by atoms with Gasteiger partial charge in [0.05, 0.1) is 13.2 Å². The predicted octanol–water partition coefficient (Wildman–Crippen LogP) is 0.515. The highest BCUT2D eigenvalue weighted by atomic mass is 16.5. The Bertz CT molecular complexity index is 577. The highest BCUT2D eigenvalue weighted by Gasteiger charge is 2.30. The van der Waals surface area contributed by atoms with Gasteiger partial charge in [-0.1, -0.05) is 0 Å². The number of carbonyl (C=O) groups is 1. The van der Waals surface area contributed by atoms with Gasteiger partial charge in [0.1, 0.15) is 18.4 Å². The molecule has 2 aromatic rings. The van der Waals surface area contributed by atoms with Crippen LogP contribution in [0.2, 0.25) is 0 Å². The summed E-state index contributed by atoms with van der Waals surface area (Å²) in [5.74, 6) is 0.798. The van der Waals surface area contributed by atoms with Gasteiger partial charge in [-0.2, -0.15) is 5.10 Å². The van der Waals surface area contributed by atoms with Gasteiger partial charge in [0, 0.05) is 30.8 Å². The maximum atomic E-state index is 12.4. The Morgan fingerprint density at radius 3 is 3.20 bits per heavy atom. The summed E-state index contributed by atoms with van der Waals surface area (Å²) >= 11 is 0. The number of hydrogen-bond donors (Lipinski definition) is 1. The maximum Gasteiger partial charge on any atom is 0.245 e. The molecule has 1 aliphatic rings. The average Bonchev–Trinajstić information content (AvgIpc) is 3.10. The number of aryl methyl sites for hydroxylation is 1. The van der Waals surface area contributed by atoms with Crippen LogP contribution in [0.1, 0.15) is 17.6 Å². The molecule has 1 atom stereocenters. The highest BCUT2D eigenvalue weighted by Crippen LogP contribution is 2.22. The standard InChI is InChI=1S/C13H17N5O2/c1-10-7-14-13(16-10)11-9-20-6-5-18(11)12(19)8-17-4-2-3-15-17/h2-4,7,11H,5-6,8-9H2,1H3,(H,14,16)/t11-/m1/s1. The number of imidazole rings is 1. The van der Waals surface area contributed by atoms with Gasteiger partial charge in [-0.15, -0.1) is 0 Å². The SMILES string of the molecule is Cc1cnc([C@H]2COCCN2C(=O)Cn2cccn2)[nH]1. The molecule has 1 saturated heterocycles. The molecule has 3 heterocycles. The van der Waals surface area contributed by atoms with Crippen molar-refractivity contribution >= 4 is 5.91 Å². The van der Waals surface area contributed by atoms with E-state index in [1.54, 1.807) is 29.3 Å². The number of aromatic nitrogens is 4. The molecule has 0 radical (unpaired) electrons. The molecule has 1 aliphatic heterocycles. The Balaban J connectivity index is 1.76. The summed E-state index contributed by atoms with van der Waals surface area (Å²) in [6.45, 7) is 3.78. The Morgan fingerprint density at radius 1 is 1.60 bits per heavy atom. The molecule has 7 nitrogen and oxygen atoms in total. The molecule has 1 amide bonds. The van der Waals surface area contributed by atoms with E-state index in [2.05, 4.69) is 15.1 Å². The number of carbonyl (C=O) groups excluding carboxylic acids is 1. The summed E-state index contributed by atoms with van der Waals surface area (Å²) in [5.41, 5.74) is 0.977. The van der Waals surface area contributed by atoms with Crippen LogP contribution in [-0.2, 0) is 16.1 Å². The van der Waals surface area contributed by atoms with Gasteiger partial charge in [-0.3, -0.25) is 9.48 Å². The van der Waals surface area contributed by atoms with Crippen molar-refractivity contribution in [1.82, 2.24) is 24.6 Å². The minimum absolute atomic E-state index is 0.0241. The predicted molar refractivity (Wildman–Crippen MR) is 70.8 cm³/mol. The number of H-pyrrole nitrogens is 1. The van der Waals surface area contributed by atoms with Crippen LogP contribution in [0.5, 0.6) is 0 Å². The minimum atomic E-state index is -0.152. The molecular weight excluding hydrogens is 258 g/mol. The van der Waals surface area contributed by atoms with E-state index >= 15 is 0 Å². The second-order valence-corrected chi connectivity index (χ2v) is 4.83. The summed E-state index contributed by atoms with van der Waals surface area (Å²) < 4.78 is 7.11. The smallest absolute Gasteiger partial charge is 0.245 e. The van der Waals surface area contributed by atoms with E-state index in [4.69, 9.17) is 4.74 Å². The molecule has 2 aromatic heterocycles. The number of ether oxygens (including phenoxy) is 1. The molecule has 0 aliphatic carbocycles. The lowest BCUT2D eigenvalue weighted by atomic mass is 10.2. The van der Waals surface area contributed by atoms with Crippen LogP contribution in [0, 0.1) is 6.92 Å². The van der Waals surface area contributed by atoms with Crippen molar-refractivity contribution in [2.45, 2.75) is 19.5 Å². The summed E-state index contributed by atoms with van der Waals surface area (Å²) in [7, 11) is 0. The van der Waals surface area contributed by atoms with Crippen molar-refractivity contribution < 1.29 is 9.53 Å². The van der Waals surface area contributed by atoms with Crippen molar-refractivity contribution in [2.75, 3.05) is 19.8 Å². The number of rotatable bonds is 3. The zero-order valence-corrected chi connectivity index (χ0v) is 11.3. The third kappa shape index (κ3) is 2.57. The Labute approximate surface area is 116 Å². The Morgan fingerprint density at radius 2 is 2.50 bits per heavy atom. The molecule has 0 spiro atoms. The zero-order chi connectivity index (χ0) is 13.9. The van der Waals surface area contributed by atoms with Gasteiger partial charge >= 0.3 is 0 Å². The summed E-state index contributed by atoms with van der Waals surface area (Å²) in [6.07, 6.45) is 5.21. The molecular formula is C13H17N5O2. The Kier molecular flexibility index (Phi) is 3.51. The lowest BCUT2D eigenvalue weighted by molar-refractivity contribution is -0.141. The van der Waals surface area contributed by atoms with Crippen molar-refractivity contribution in [3.05, 3.63) is 36.2 Å². The van der Waals surface area contributed by atoms with E-state index < -0.39 is 0 Å². The number of nitrogens with one attached hydrogen (secondary N) is 1. The fourth-order valence-electron chi connectivity index (χ4n) is 2.35. The molecule has 0 unspecified atom stereocenters. The molecule has 106 valence electrons. The first-order chi connectivity index (χ1) is 9.74. The molecule has 1 fully saturated rings. The fourth-order valence-corrected chi connectivity index (χ4v) is 2.35. The quantitative estimate of drug-likeness (QED) is 0.885. The monoisotopic (exact) mass is 275 g/mol. The number of hydrogen-bond acceptors (Lipinski definition) is 4. The molecule has 7 heteroatoms. The van der Waals surface area contributed by atoms with E-state index in [0.29, 0.717) is 19.8 Å². The normalized spacial score (nSPS) is 19.2. The van der Waals surface area contributed by atoms with Crippen LogP contribution in [-0.4, -0.2) is 50.3 Å². The third-order valence-corrected chi connectivity index (χ3v) is 3.34. The second-order valence-electron chi connectivity index (χ2n) is 4.83. The molecule has 1 N–H and O–H groups in total.